The van der Waals surface area contributed by atoms with Gasteiger partial charge in [-0.05, 0) is 101 Å². The summed E-state index contributed by atoms with van der Waals surface area (Å²) >= 11 is 3.68. The summed E-state index contributed by atoms with van der Waals surface area (Å²) in [6, 6.07) is 23.6. The van der Waals surface area contributed by atoms with Crippen molar-refractivity contribution in [3.8, 4) is 28.4 Å². The predicted molar refractivity (Wildman–Crippen MR) is 189 cm³/mol. The Balaban J connectivity index is 1.51. The van der Waals surface area contributed by atoms with Crippen LogP contribution in [0.4, 0.5) is 13.2 Å². The Hall–Kier alpha value is -4.23. The molecule has 0 saturated heterocycles. The molecule has 246 valence electrons. The summed E-state index contributed by atoms with van der Waals surface area (Å²) in [5, 5.41) is 1.14. The van der Waals surface area contributed by atoms with Crippen LogP contribution in [0.3, 0.4) is 0 Å². The van der Waals surface area contributed by atoms with Gasteiger partial charge in [-0.15, -0.1) is 0 Å². The fraction of sp³-hybridized carbons (Fsp3) is 0.268. The lowest BCUT2D eigenvalue weighted by atomic mass is 9.76. The Bertz CT molecular complexity index is 2080. The Morgan fingerprint density at radius 1 is 0.833 bits per heavy atom. The van der Waals surface area contributed by atoms with Crippen LogP contribution in [0.15, 0.2) is 89.4 Å². The standard InChI is InChI=1S/C41H36BrF3O3/c1-6-7-20-47-30-15-10-26(11-16-30)40(25-8-13-29(46-5)14-9-25)19-18-32-37-35(34-23-28(42)21-24(2)36(34)39(37,3)4)31-17-12-27(41(43,44)45)22-33(31)38(32)48-40/h8-19,21-23H,6-7,20H2,1-5H3. The molecule has 1 heterocycles. The van der Waals surface area contributed by atoms with Gasteiger partial charge in [-0.25, -0.2) is 0 Å². The van der Waals surface area contributed by atoms with E-state index in [0.717, 1.165) is 73.0 Å². The highest BCUT2D eigenvalue weighted by Gasteiger charge is 2.45. The molecule has 5 aromatic rings. The fourth-order valence-corrected chi connectivity index (χ4v) is 8.16. The van der Waals surface area contributed by atoms with Gasteiger partial charge in [-0.1, -0.05) is 79.5 Å². The lowest BCUT2D eigenvalue weighted by Crippen LogP contribution is -2.35. The van der Waals surface area contributed by atoms with E-state index in [1.165, 1.54) is 12.1 Å². The quantitative estimate of drug-likeness (QED) is 0.157. The maximum Gasteiger partial charge on any atom is 0.416 e. The number of aryl methyl sites for hydroxylation is 1. The van der Waals surface area contributed by atoms with Gasteiger partial charge in [0.1, 0.15) is 17.2 Å². The molecule has 0 bridgehead atoms. The van der Waals surface area contributed by atoms with Crippen LogP contribution in [0.5, 0.6) is 17.2 Å². The second-order valence-corrected chi connectivity index (χ2v) is 14.1. The van der Waals surface area contributed by atoms with Crippen LogP contribution >= 0.6 is 15.9 Å². The number of alkyl halides is 3. The van der Waals surface area contributed by atoms with Crippen molar-refractivity contribution in [2.45, 2.75) is 57.7 Å². The van der Waals surface area contributed by atoms with Crippen molar-refractivity contribution in [3.63, 3.8) is 0 Å². The first-order valence-corrected chi connectivity index (χ1v) is 17.0. The Morgan fingerprint density at radius 2 is 1.50 bits per heavy atom. The number of rotatable bonds is 7. The lowest BCUT2D eigenvalue weighted by molar-refractivity contribution is -0.137. The van der Waals surface area contributed by atoms with E-state index < -0.39 is 22.8 Å². The van der Waals surface area contributed by atoms with E-state index in [1.807, 2.05) is 60.7 Å². The lowest BCUT2D eigenvalue weighted by Gasteiger charge is -2.38. The van der Waals surface area contributed by atoms with Crippen LogP contribution in [0, 0.1) is 6.92 Å². The third kappa shape index (κ3) is 5.09. The number of fused-ring (bicyclic) bond motifs is 8. The van der Waals surface area contributed by atoms with E-state index in [2.05, 4.69) is 55.8 Å². The summed E-state index contributed by atoms with van der Waals surface area (Å²) in [6.07, 6.45) is 1.54. The molecule has 7 rings (SSSR count). The smallest absolute Gasteiger partial charge is 0.416 e. The normalized spacial score (nSPS) is 17.4. The molecule has 0 saturated carbocycles. The molecule has 1 atom stereocenters. The minimum Gasteiger partial charge on any atom is -0.497 e. The molecule has 3 nitrogen and oxygen atoms in total. The van der Waals surface area contributed by atoms with Crippen LogP contribution in [-0.4, -0.2) is 13.7 Å². The van der Waals surface area contributed by atoms with Gasteiger partial charge in [-0.3, -0.25) is 0 Å². The second kappa shape index (κ2) is 11.7. The minimum atomic E-state index is -4.53. The van der Waals surface area contributed by atoms with Crippen molar-refractivity contribution in [1.82, 2.24) is 0 Å². The monoisotopic (exact) mass is 712 g/mol. The highest BCUT2D eigenvalue weighted by Crippen LogP contribution is 2.59. The first kappa shape index (κ1) is 32.3. The molecule has 7 heteroatoms. The molecule has 1 unspecified atom stereocenters. The van der Waals surface area contributed by atoms with Crippen molar-refractivity contribution in [2.24, 2.45) is 0 Å². The van der Waals surface area contributed by atoms with E-state index in [9.17, 15) is 13.2 Å². The molecule has 0 radical (unpaired) electrons. The fourth-order valence-electron chi connectivity index (χ4n) is 7.59. The van der Waals surface area contributed by atoms with Crippen molar-refractivity contribution in [1.29, 1.82) is 0 Å². The topological polar surface area (TPSA) is 27.7 Å². The average molecular weight is 714 g/mol. The number of halogens is 4. The predicted octanol–water partition coefficient (Wildman–Crippen LogP) is 11.8. The molecule has 0 N–H and O–H groups in total. The molecule has 1 aliphatic heterocycles. The third-order valence-electron chi connectivity index (χ3n) is 9.76. The number of methoxy groups -OCH3 is 1. The summed E-state index contributed by atoms with van der Waals surface area (Å²) in [6.45, 7) is 9.20. The zero-order valence-corrected chi connectivity index (χ0v) is 29.1. The van der Waals surface area contributed by atoms with Gasteiger partial charge < -0.3 is 14.2 Å². The first-order valence-electron chi connectivity index (χ1n) is 16.2. The molecule has 0 amide bonds. The van der Waals surface area contributed by atoms with Crippen LogP contribution in [-0.2, 0) is 17.2 Å². The van der Waals surface area contributed by atoms with E-state index >= 15 is 0 Å². The van der Waals surface area contributed by atoms with Crippen molar-refractivity contribution in [3.05, 3.63) is 128 Å². The van der Waals surface area contributed by atoms with Gasteiger partial charge in [0.2, 0.25) is 0 Å². The maximum absolute atomic E-state index is 14.3. The van der Waals surface area contributed by atoms with Crippen LogP contribution in [0.25, 0.3) is 28.0 Å². The number of hydrogen-bond acceptors (Lipinski definition) is 3. The molecule has 0 aromatic heterocycles. The summed E-state index contributed by atoms with van der Waals surface area (Å²) in [5.41, 5.74) is 5.40. The third-order valence-corrected chi connectivity index (χ3v) is 10.2. The van der Waals surface area contributed by atoms with Gasteiger partial charge in [0, 0.05) is 32.0 Å². The van der Waals surface area contributed by atoms with Gasteiger partial charge >= 0.3 is 6.18 Å². The van der Waals surface area contributed by atoms with E-state index in [-0.39, 0.29) is 0 Å². The summed E-state index contributed by atoms with van der Waals surface area (Å²) in [4.78, 5) is 0. The van der Waals surface area contributed by atoms with Crippen molar-refractivity contribution in [2.75, 3.05) is 13.7 Å². The molecule has 1 aliphatic carbocycles. The molecule has 0 spiro atoms. The molecular formula is C41H36BrF3O3. The Kier molecular flexibility index (Phi) is 7.90. The van der Waals surface area contributed by atoms with E-state index in [0.29, 0.717) is 23.5 Å². The summed E-state index contributed by atoms with van der Waals surface area (Å²) < 4.78 is 62.5. The average Bonchev–Trinajstić information content (AvgIpc) is 3.31. The molecule has 5 aromatic carbocycles. The van der Waals surface area contributed by atoms with Crippen molar-refractivity contribution >= 4 is 32.8 Å². The maximum atomic E-state index is 14.3. The largest absolute Gasteiger partial charge is 0.497 e. The van der Waals surface area contributed by atoms with Gasteiger partial charge in [0.05, 0.1) is 19.3 Å². The first-order chi connectivity index (χ1) is 22.9. The minimum absolute atomic E-state index is 0.418. The Labute approximate surface area is 287 Å². The molecular weight excluding hydrogens is 677 g/mol. The second-order valence-electron chi connectivity index (χ2n) is 13.1. The zero-order chi connectivity index (χ0) is 34.0. The number of unbranched alkanes of at least 4 members (excludes halogenated alkanes) is 1. The highest BCUT2D eigenvalue weighted by molar-refractivity contribution is 9.10. The molecule has 2 aliphatic rings. The van der Waals surface area contributed by atoms with Crippen LogP contribution in [0.1, 0.15) is 72.6 Å². The van der Waals surface area contributed by atoms with Crippen LogP contribution in [0.2, 0.25) is 0 Å². The van der Waals surface area contributed by atoms with Gasteiger partial charge in [0.25, 0.3) is 0 Å². The van der Waals surface area contributed by atoms with E-state index in [1.54, 1.807) is 13.2 Å². The number of benzene rings is 5. The molecule has 0 fully saturated rings. The number of ether oxygens (including phenoxy) is 3. The molecule has 48 heavy (non-hydrogen) atoms. The summed E-state index contributed by atoms with van der Waals surface area (Å²) in [7, 11) is 1.61. The number of hydrogen-bond donors (Lipinski definition) is 0. The van der Waals surface area contributed by atoms with Crippen LogP contribution < -0.4 is 14.2 Å². The zero-order valence-electron chi connectivity index (χ0n) is 27.5. The van der Waals surface area contributed by atoms with Gasteiger partial charge in [0.15, 0.2) is 5.60 Å². The van der Waals surface area contributed by atoms with Crippen molar-refractivity contribution < 1.29 is 27.4 Å². The van der Waals surface area contributed by atoms with Gasteiger partial charge in [-0.2, -0.15) is 13.2 Å². The Morgan fingerprint density at radius 3 is 2.12 bits per heavy atom. The SMILES string of the molecule is CCCCOc1ccc(C2(c3ccc(OC)cc3)C=Cc3c4c(c5ccc(C(F)(F)F)cc5c3O2)-c2cc(Br)cc(C)c2C4(C)C)cc1. The van der Waals surface area contributed by atoms with E-state index in [4.69, 9.17) is 14.2 Å². The highest BCUT2D eigenvalue weighted by atomic mass is 79.9. The summed E-state index contributed by atoms with van der Waals surface area (Å²) in [5.74, 6) is 1.86.